The minimum absolute atomic E-state index is 0.628. The highest BCUT2D eigenvalue weighted by molar-refractivity contribution is 5.16. The molecule has 0 aliphatic heterocycles. The van der Waals surface area contributed by atoms with Gasteiger partial charge in [-0.3, -0.25) is 0 Å². The van der Waals surface area contributed by atoms with E-state index in [9.17, 15) is 0 Å². The fourth-order valence-electron chi connectivity index (χ4n) is 1.20. The molecule has 0 saturated heterocycles. The monoisotopic (exact) mass is 193 g/mol. The van der Waals surface area contributed by atoms with Gasteiger partial charge in [0.25, 0.3) is 0 Å². The largest absolute Gasteiger partial charge is 0.310 e. The van der Waals surface area contributed by atoms with Gasteiger partial charge in [-0.25, -0.2) is 0 Å². The summed E-state index contributed by atoms with van der Waals surface area (Å²) in [5.74, 6) is 0.628. The van der Waals surface area contributed by atoms with Gasteiger partial charge in [-0.05, 0) is 19.8 Å². The van der Waals surface area contributed by atoms with Crippen LogP contribution in [0.25, 0.3) is 0 Å². The zero-order valence-corrected chi connectivity index (χ0v) is 9.93. The molecule has 0 aliphatic rings. The Morgan fingerprint density at radius 3 is 2.50 bits per heavy atom. The van der Waals surface area contributed by atoms with Crippen molar-refractivity contribution in [2.24, 2.45) is 5.92 Å². The van der Waals surface area contributed by atoms with Gasteiger partial charge in [-0.2, -0.15) is 0 Å². The SMILES string of the molecule is C=C(C)CNC/C=C/C(C)=C/C(C)C. The molecule has 0 aliphatic carbocycles. The van der Waals surface area contributed by atoms with Gasteiger partial charge in [-0.1, -0.05) is 49.8 Å². The maximum absolute atomic E-state index is 3.83. The van der Waals surface area contributed by atoms with Gasteiger partial charge in [0, 0.05) is 13.1 Å². The maximum atomic E-state index is 3.83. The second kappa shape index (κ2) is 7.57. The Kier molecular flexibility index (Phi) is 7.13. The molecule has 0 radical (unpaired) electrons. The minimum Gasteiger partial charge on any atom is -0.310 e. The summed E-state index contributed by atoms with van der Waals surface area (Å²) in [5, 5.41) is 3.28. The van der Waals surface area contributed by atoms with E-state index in [1.54, 1.807) is 0 Å². The first-order valence-corrected chi connectivity index (χ1v) is 5.22. The van der Waals surface area contributed by atoms with E-state index in [0.29, 0.717) is 5.92 Å². The van der Waals surface area contributed by atoms with Crippen molar-refractivity contribution in [3.63, 3.8) is 0 Å². The summed E-state index contributed by atoms with van der Waals surface area (Å²) in [6.45, 7) is 14.2. The van der Waals surface area contributed by atoms with Crippen LogP contribution in [0.5, 0.6) is 0 Å². The van der Waals surface area contributed by atoms with Crippen LogP contribution in [0.4, 0.5) is 0 Å². The Hall–Kier alpha value is -0.820. The summed E-state index contributed by atoms with van der Waals surface area (Å²) in [7, 11) is 0. The molecule has 0 aromatic heterocycles. The third-order valence-electron chi connectivity index (χ3n) is 1.67. The Bertz CT molecular complexity index is 221. The van der Waals surface area contributed by atoms with Gasteiger partial charge in [-0.15, -0.1) is 0 Å². The average Bonchev–Trinajstić information content (AvgIpc) is 2.01. The van der Waals surface area contributed by atoms with Crippen molar-refractivity contribution in [3.05, 3.63) is 36.0 Å². The van der Waals surface area contributed by atoms with E-state index in [1.807, 2.05) is 6.92 Å². The van der Waals surface area contributed by atoms with Gasteiger partial charge < -0.3 is 5.32 Å². The quantitative estimate of drug-likeness (QED) is 0.388. The molecule has 0 atom stereocenters. The first kappa shape index (κ1) is 13.2. The molecule has 1 nitrogen and oxygen atoms in total. The highest BCUT2D eigenvalue weighted by Gasteiger charge is 1.87. The molecule has 0 spiro atoms. The van der Waals surface area contributed by atoms with Crippen LogP contribution in [0.3, 0.4) is 0 Å². The Morgan fingerprint density at radius 2 is 2.00 bits per heavy atom. The van der Waals surface area contributed by atoms with Crippen LogP contribution in [-0.2, 0) is 0 Å². The third kappa shape index (κ3) is 9.27. The molecule has 0 fully saturated rings. The molecule has 0 rings (SSSR count). The molecule has 0 heterocycles. The second-order valence-corrected chi connectivity index (χ2v) is 4.15. The molecule has 14 heavy (non-hydrogen) atoms. The van der Waals surface area contributed by atoms with Crippen molar-refractivity contribution in [1.82, 2.24) is 5.32 Å². The Balaban J connectivity index is 3.67. The first-order valence-electron chi connectivity index (χ1n) is 5.22. The van der Waals surface area contributed by atoms with Crippen LogP contribution < -0.4 is 5.32 Å². The van der Waals surface area contributed by atoms with Crippen molar-refractivity contribution < 1.29 is 0 Å². The van der Waals surface area contributed by atoms with Crippen molar-refractivity contribution in [2.45, 2.75) is 27.7 Å². The molecule has 0 saturated carbocycles. The standard InChI is InChI=1S/C13H23N/c1-11(2)9-13(5)7-6-8-14-10-12(3)4/h6-7,9,11,14H,3,8,10H2,1-2,4-5H3/b7-6+,13-9+. The highest BCUT2D eigenvalue weighted by Crippen LogP contribution is 2.02. The lowest BCUT2D eigenvalue weighted by atomic mass is 10.1. The molecule has 0 amide bonds. The van der Waals surface area contributed by atoms with Crippen molar-refractivity contribution in [3.8, 4) is 0 Å². The van der Waals surface area contributed by atoms with Crippen LogP contribution in [0, 0.1) is 5.92 Å². The third-order valence-corrected chi connectivity index (χ3v) is 1.67. The summed E-state index contributed by atoms with van der Waals surface area (Å²) >= 11 is 0. The Labute approximate surface area is 88.6 Å². The molecule has 0 bridgehead atoms. The Morgan fingerprint density at radius 1 is 1.36 bits per heavy atom. The minimum atomic E-state index is 0.628. The number of nitrogens with one attached hydrogen (secondary N) is 1. The van der Waals surface area contributed by atoms with E-state index >= 15 is 0 Å². The first-order chi connectivity index (χ1) is 6.52. The lowest BCUT2D eigenvalue weighted by Crippen LogP contribution is -2.15. The molecule has 1 N–H and O–H groups in total. The predicted molar refractivity (Wildman–Crippen MR) is 65.4 cm³/mol. The summed E-state index contributed by atoms with van der Waals surface area (Å²) < 4.78 is 0. The van der Waals surface area contributed by atoms with Crippen LogP contribution in [-0.4, -0.2) is 13.1 Å². The summed E-state index contributed by atoms with van der Waals surface area (Å²) in [5.41, 5.74) is 2.50. The summed E-state index contributed by atoms with van der Waals surface area (Å²) in [4.78, 5) is 0. The molecule has 0 unspecified atom stereocenters. The molecular formula is C13H23N. The van der Waals surface area contributed by atoms with E-state index < -0.39 is 0 Å². The molecule has 0 aromatic rings. The second-order valence-electron chi connectivity index (χ2n) is 4.15. The lowest BCUT2D eigenvalue weighted by Gasteiger charge is -2.00. The van der Waals surface area contributed by atoms with Crippen molar-refractivity contribution in [2.75, 3.05) is 13.1 Å². The van der Waals surface area contributed by atoms with Gasteiger partial charge in [0.15, 0.2) is 0 Å². The zero-order valence-electron chi connectivity index (χ0n) is 9.93. The number of hydrogen-bond acceptors (Lipinski definition) is 1. The lowest BCUT2D eigenvalue weighted by molar-refractivity contribution is 0.813. The number of hydrogen-bond donors (Lipinski definition) is 1. The molecule has 1 heteroatoms. The van der Waals surface area contributed by atoms with Crippen LogP contribution in [0.1, 0.15) is 27.7 Å². The summed E-state index contributed by atoms with van der Waals surface area (Å²) in [6.07, 6.45) is 6.57. The van der Waals surface area contributed by atoms with Crippen molar-refractivity contribution >= 4 is 0 Å². The van der Waals surface area contributed by atoms with E-state index in [-0.39, 0.29) is 0 Å². The zero-order chi connectivity index (χ0) is 11.0. The van der Waals surface area contributed by atoms with E-state index in [2.05, 4.69) is 50.9 Å². The van der Waals surface area contributed by atoms with E-state index in [0.717, 1.165) is 13.1 Å². The normalized spacial score (nSPS) is 12.8. The topological polar surface area (TPSA) is 12.0 Å². The fourth-order valence-corrected chi connectivity index (χ4v) is 1.20. The molecular weight excluding hydrogens is 170 g/mol. The van der Waals surface area contributed by atoms with Crippen LogP contribution >= 0.6 is 0 Å². The van der Waals surface area contributed by atoms with Gasteiger partial charge in [0.2, 0.25) is 0 Å². The highest BCUT2D eigenvalue weighted by atomic mass is 14.8. The number of allylic oxidation sites excluding steroid dienone is 3. The average molecular weight is 193 g/mol. The summed E-state index contributed by atoms with van der Waals surface area (Å²) in [6, 6.07) is 0. The van der Waals surface area contributed by atoms with E-state index in [1.165, 1.54) is 11.1 Å². The fraction of sp³-hybridized carbons (Fsp3) is 0.538. The van der Waals surface area contributed by atoms with Crippen molar-refractivity contribution in [1.29, 1.82) is 0 Å². The van der Waals surface area contributed by atoms with Crippen LogP contribution in [0.2, 0.25) is 0 Å². The number of rotatable bonds is 6. The smallest absolute Gasteiger partial charge is 0.0162 e. The van der Waals surface area contributed by atoms with E-state index in [4.69, 9.17) is 0 Å². The van der Waals surface area contributed by atoms with Gasteiger partial charge >= 0.3 is 0 Å². The molecule has 80 valence electrons. The van der Waals surface area contributed by atoms with Crippen LogP contribution in [0.15, 0.2) is 36.0 Å². The predicted octanol–water partition coefficient (Wildman–Crippen LogP) is 3.31. The maximum Gasteiger partial charge on any atom is 0.0162 e. The molecule has 0 aromatic carbocycles. The van der Waals surface area contributed by atoms with Gasteiger partial charge in [0.1, 0.15) is 0 Å². The van der Waals surface area contributed by atoms with Gasteiger partial charge in [0.05, 0.1) is 0 Å².